The minimum absolute atomic E-state index is 0.0581. The van der Waals surface area contributed by atoms with Crippen molar-refractivity contribution >= 4 is 23.4 Å². The standard InChI is InChI=1S/C30H40N4O3/c1-7-23-14-13-15-24(20-23)32-30(37)22(6)31-26(9-3)29(21(4)5)33-27(35)16-11-10-12-19-34-25(8-2)17-18-28(34)36/h13-15,17-18,20-22,29,31H,2-3,7,10-12,16,19H2,1,4-6H3,(H,32,37)(H,33,35)/t22-,29-/m0/s1. The van der Waals surface area contributed by atoms with Gasteiger partial charge in [-0.05, 0) is 55.9 Å². The zero-order valence-electron chi connectivity index (χ0n) is 22.5. The molecule has 1 aromatic carbocycles. The number of benzene rings is 1. The van der Waals surface area contributed by atoms with Gasteiger partial charge in [0.2, 0.25) is 11.8 Å². The monoisotopic (exact) mass is 504 g/mol. The van der Waals surface area contributed by atoms with E-state index < -0.39 is 6.04 Å². The maximum atomic E-state index is 12.8. The van der Waals surface area contributed by atoms with Gasteiger partial charge in [0.1, 0.15) is 6.04 Å². The van der Waals surface area contributed by atoms with Crippen LogP contribution in [0.1, 0.15) is 58.9 Å². The van der Waals surface area contributed by atoms with Gasteiger partial charge in [-0.25, -0.2) is 0 Å². The van der Waals surface area contributed by atoms with Crippen LogP contribution in [-0.4, -0.2) is 41.2 Å². The maximum absolute atomic E-state index is 12.8. The summed E-state index contributed by atoms with van der Waals surface area (Å²) in [7, 11) is 0. The van der Waals surface area contributed by atoms with E-state index in [1.54, 1.807) is 17.9 Å². The van der Waals surface area contributed by atoms with E-state index in [4.69, 9.17) is 0 Å². The molecule has 3 amide bonds. The molecule has 1 heterocycles. The zero-order valence-corrected chi connectivity index (χ0v) is 22.5. The van der Waals surface area contributed by atoms with E-state index in [2.05, 4.69) is 47.5 Å². The highest BCUT2D eigenvalue weighted by molar-refractivity contribution is 5.95. The van der Waals surface area contributed by atoms with Crippen LogP contribution in [0.5, 0.6) is 0 Å². The van der Waals surface area contributed by atoms with Crippen LogP contribution in [0.3, 0.4) is 0 Å². The number of nitrogens with one attached hydrogen (secondary N) is 3. The highest BCUT2D eigenvalue weighted by Gasteiger charge is 2.24. The third-order valence-corrected chi connectivity index (χ3v) is 6.26. The molecule has 0 unspecified atom stereocenters. The van der Waals surface area contributed by atoms with Gasteiger partial charge >= 0.3 is 0 Å². The largest absolute Gasteiger partial charge is 0.369 e. The number of hydrogen-bond donors (Lipinski definition) is 3. The smallest absolute Gasteiger partial charge is 0.251 e. The highest BCUT2D eigenvalue weighted by atomic mass is 16.2. The van der Waals surface area contributed by atoms with Gasteiger partial charge in [0, 0.05) is 24.7 Å². The molecule has 0 saturated heterocycles. The van der Waals surface area contributed by atoms with Crippen molar-refractivity contribution in [3.63, 3.8) is 0 Å². The Bertz CT molecular complexity index is 1110. The van der Waals surface area contributed by atoms with Crippen LogP contribution in [-0.2, 0) is 20.8 Å². The first-order valence-corrected chi connectivity index (χ1v) is 12.9. The molecule has 1 aromatic rings. The van der Waals surface area contributed by atoms with E-state index in [-0.39, 0.29) is 29.7 Å². The van der Waals surface area contributed by atoms with Gasteiger partial charge in [-0.15, -0.1) is 11.5 Å². The molecular weight excluding hydrogens is 464 g/mol. The van der Waals surface area contributed by atoms with Crippen LogP contribution >= 0.6 is 0 Å². The number of anilines is 1. The van der Waals surface area contributed by atoms with Crippen molar-refractivity contribution in [3.8, 4) is 0 Å². The first kappa shape index (κ1) is 29.4. The van der Waals surface area contributed by atoms with Crippen molar-refractivity contribution in [2.24, 2.45) is 5.92 Å². The van der Waals surface area contributed by atoms with Crippen LogP contribution < -0.4 is 16.0 Å². The van der Waals surface area contributed by atoms with Gasteiger partial charge in [0.25, 0.3) is 5.91 Å². The average molecular weight is 505 g/mol. The lowest BCUT2D eigenvalue weighted by molar-refractivity contribution is -0.124. The minimum Gasteiger partial charge on any atom is -0.369 e. The summed E-state index contributed by atoms with van der Waals surface area (Å²) in [5.74, 6) is -0.254. The number of aryl methyl sites for hydroxylation is 1. The molecule has 0 spiro atoms. The molecule has 7 heteroatoms. The average Bonchev–Trinajstić information content (AvgIpc) is 3.24. The van der Waals surface area contributed by atoms with Crippen LogP contribution in [0, 0.1) is 5.92 Å². The predicted octanol–water partition coefficient (Wildman–Crippen LogP) is 4.60. The molecule has 1 aliphatic rings. The first-order chi connectivity index (χ1) is 17.7. The Labute approximate surface area is 221 Å². The van der Waals surface area contributed by atoms with Gasteiger partial charge in [0.15, 0.2) is 0 Å². The van der Waals surface area contributed by atoms with E-state index in [1.807, 2.05) is 38.1 Å². The van der Waals surface area contributed by atoms with Gasteiger partial charge in [-0.1, -0.05) is 52.5 Å². The van der Waals surface area contributed by atoms with Gasteiger partial charge in [0.05, 0.1) is 17.4 Å². The number of carbonyl (C=O) groups is 3. The first-order valence-electron chi connectivity index (χ1n) is 12.9. The molecule has 198 valence electrons. The number of amides is 3. The van der Waals surface area contributed by atoms with Crippen LogP contribution in [0.2, 0.25) is 0 Å². The molecule has 0 aromatic heterocycles. The Balaban J connectivity index is 1.84. The molecule has 0 fully saturated rings. The van der Waals surface area contributed by atoms with Crippen molar-refractivity contribution in [1.29, 1.82) is 0 Å². The van der Waals surface area contributed by atoms with Crippen molar-refractivity contribution < 1.29 is 14.4 Å². The van der Waals surface area contributed by atoms with E-state index in [9.17, 15) is 14.4 Å². The molecule has 0 radical (unpaired) electrons. The Morgan fingerprint density at radius 1 is 1.05 bits per heavy atom. The van der Waals surface area contributed by atoms with Crippen molar-refractivity contribution in [2.45, 2.75) is 71.9 Å². The summed E-state index contributed by atoms with van der Waals surface area (Å²) in [6.07, 6.45) is 6.78. The number of hydrogen-bond acceptors (Lipinski definition) is 4. The SMILES string of the molecule is C=C=C(N[C@@H](C)C(=O)Nc1cccc(CC)c1)[C@@H](NC(=O)CCCCCN1C(=O)C=CC1=C=C)C(C)C. The quantitative estimate of drug-likeness (QED) is 0.255. The predicted molar refractivity (Wildman–Crippen MR) is 148 cm³/mol. The fourth-order valence-corrected chi connectivity index (χ4v) is 4.05. The summed E-state index contributed by atoms with van der Waals surface area (Å²) in [6.45, 7) is 15.8. The molecule has 2 atom stereocenters. The normalized spacial score (nSPS) is 14.1. The summed E-state index contributed by atoms with van der Waals surface area (Å²) in [4.78, 5) is 39.0. The van der Waals surface area contributed by atoms with E-state index in [0.29, 0.717) is 30.8 Å². The van der Waals surface area contributed by atoms with Crippen LogP contribution in [0.4, 0.5) is 5.69 Å². The van der Waals surface area contributed by atoms with Crippen molar-refractivity contribution in [3.05, 3.63) is 78.0 Å². The summed E-state index contributed by atoms with van der Waals surface area (Å²) >= 11 is 0. The number of rotatable bonds is 14. The molecule has 3 N–H and O–H groups in total. The molecule has 0 bridgehead atoms. The topological polar surface area (TPSA) is 90.5 Å². The highest BCUT2D eigenvalue weighted by Crippen LogP contribution is 2.16. The molecule has 7 nitrogen and oxygen atoms in total. The van der Waals surface area contributed by atoms with E-state index >= 15 is 0 Å². The van der Waals surface area contributed by atoms with Gasteiger partial charge in [-0.2, -0.15) is 0 Å². The summed E-state index contributed by atoms with van der Waals surface area (Å²) in [5.41, 5.74) is 8.81. The van der Waals surface area contributed by atoms with Crippen molar-refractivity contribution in [1.82, 2.24) is 15.5 Å². The lowest BCUT2D eigenvalue weighted by Crippen LogP contribution is -2.47. The van der Waals surface area contributed by atoms with Crippen LogP contribution in [0.15, 0.2) is 72.4 Å². The third-order valence-electron chi connectivity index (χ3n) is 6.26. The molecule has 1 aliphatic heterocycles. The Hall–Kier alpha value is -3.79. The maximum Gasteiger partial charge on any atom is 0.251 e. The summed E-state index contributed by atoms with van der Waals surface area (Å²) < 4.78 is 0. The van der Waals surface area contributed by atoms with Crippen molar-refractivity contribution in [2.75, 3.05) is 11.9 Å². The Morgan fingerprint density at radius 3 is 2.46 bits per heavy atom. The lowest BCUT2D eigenvalue weighted by atomic mass is 10.00. The fourth-order valence-electron chi connectivity index (χ4n) is 4.05. The minimum atomic E-state index is -0.551. The molecule has 2 rings (SSSR count). The Morgan fingerprint density at radius 2 is 1.81 bits per heavy atom. The number of allylic oxidation sites excluding steroid dienone is 1. The second kappa shape index (κ2) is 14.7. The number of carbonyl (C=O) groups excluding carboxylic acids is 3. The number of unbranched alkanes of at least 4 members (excludes halogenated alkanes) is 2. The fraction of sp³-hybridized carbons (Fsp3) is 0.433. The zero-order chi connectivity index (χ0) is 27.4. The number of nitrogens with zero attached hydrogens (tertiary/aromatic N) is 1. The summed E-state index contributed by atoms with van der Waals surface area (Å²) in [6, 6.07) is 6.86. The van der Waals surface area contributed by atoms with Crippen LogP contribution in [0.25, 0.3) is 0 Å². The van der Waals surface area contributed by atoms with E-state index in [0.717, 1.165) is 30.5 Å². The molecule has 37 heavy (non-hydrogen) atoms. The third kappa shape index (κ3) is 8.98. The Kier molecular flexibility index (Phi) is 11.7. The molecule has 0 saturated carbocycles. The molecular formula is C30H40N4O3. The second-order valence-electron chi connectivity index (χ2n) is 9.48. The van der Waals surface area contributed by atoms with Gasteiger partial charge in [-0.3, -0.25) is 14.4 Å². The van der Waals surface area contributed by atoms with Gasteiger partial charge < -0.3 is 20.9 Å². The second-order valence-corrected chi connectivity index (χ2v) is 9.48. The summed E-state index contributed by atoms with van der Waals surface area (Å²) in [5, 5.41) is 9.18. The molecule has 0 aliphatic carbocycles. The lowest BCUT2D eigenvalue weighted by Gasteiger charge is -2.27. The van der Waals surface area contributed by atoms with E-state index in [1.165, 1.54) is 6.08 Å².